The van der Waals surface area contributed by atoms with Gasteiger partial charge in [-0.3, -0.25) is 4.79 Å². The van der Waals surface area contributed by atoms with E-state index in [4.69, 9.17) is 19.6 Å². The first-order valence-corrected chi connectivity index (χ1v) is 13.6. The maximum atomic E-state index is 13.7. The molecule has 0 fully saturated rings. The Hall–Kier alpha value is -4.24. The normalized spacial score (nSPS) is 14.4. The van der Waals surface area contributed by atoms with Crippen molar-refractivity contribution in [1.82, 2.24) is 14.8 Å². The third-order valence-corrected chi connectivity index (χ3v) is 7.57. The number of aromatic nitrogens is 3. The summed E-state index contributed by atoms with van der Waals surface area (Å²) in [6.07, 6.45) is 0. The van der Waals surface area contributed by atoms with Gasteiger partial charge in [0.2, 0.25) is 11.1 Å². The minimum Gasteiger partial charge on any atom is -0.493 e. The van der Waals surface area contributed by atoms with Crippen molar-refractivity contribution in [2.75, 3.05) is 24.9 Å². The Labute approximate surface area is 232 Å². The molecular weight excluding hydrogens is 510 g/mol. The Morgan fingerprint density at radius 3 is 2.49 bits per heavy atom. The zero-order valence-electron chi connectivity index (χ0n) is 22.6. The number of nitrogens with one attached hydrogen (secondary N) is 2. The summed E-state index contributed by atoms with van der Waals surface area (Å²) in [5, 5.41) is 11.8. The summed E-state index contributed by atoms with van der Waals surface area (Å²) in [7, 11) is 3.19. The maximum absolute atomic E-state index is 13.7. The minimum absolute atomic E-state index is 0.225. The van der Waals surface area contributed by atoms with Gasteiger partial charge in [-0.15, -0.1) is 5.10 Å². The lowest BCUT2D eigenvalue weighted by Gasteiger charge is -2.29. The van der Waals surface area contributed by atoms with Crippen LogP contribution < -0.4 is 20.1 Å². The van der Waals surface area contributed by atoms with Gasteiger partial charge in [-0.2, -0.15) is 4.98 Å². The van der Waals surface area contributed by atoms with E-state index in [9.17, 15) is 4.79 Å². The first-order valence-electron chi connectivity index (χ1n) is 12.6. The van der Waals surface area contributed by atoms with Gasteiger partial charge in [0.05, 0.1) is 19.8 Å². The molecule has 1 aliphatic heterocycles. The van der Waals surface area contributed by atoms with Crippen molar-refractivity contribution in [2.45, 2.75) is 37.7 Å². The zero-order chi connectivity index (χ0) is 27.5. The van der Waals surface area contributed by atoms with Gasteiger partial charge in [-0.1, -0.05) is 59.8 Å². The van der Waals surface area contributed by atoms with Crippen LogP contribution in [-0.4, -0.2) is 34.9 Å². The number of methoxy groups -OCH3 is 2. The molecule has 4 aromatic rings. The molecule has 0 unspecified atom stereocenters. The van der Waals surface area contributed by atoms with Crippen molar-refractivity contribution >= 4 is 29.3 Å². The minimum atomic E-state index is -0.535. The summed E-state index contributed by atoms with van der Waals surface area (Å²) in [6.45, 7) is 6.10. The molecule has 1 aliphatic rings. The molecule has 0 saturated carbocycles. The van der Waals surface area contributed by atoms with Crippen LogP contribution in [0.25, 0.3) is 0 Å². The van der Waals surface area contributed by atoms with Gasteiger partial charge in [0.15, 0.2) is 11.5 Å². The second-order valence-electron chi connectivity index (χ2n) is 9.38. The highest BCUT2D eigenvalue weighted by Gasteiger charge is 2.35. The molecule has 0 aliphatic carbocycles. The molecule has 0 radical (unpaired) electrons. The SMILES string of the molecule is COc1ccc([C@@H]2C(C(=O)Nc3ccccc3)=C(C)Nc3nc(SCc4ccc(C)cc4C)nn32)cc1OC. The molecule has 2 heterocycles. The molecule has 0 bridgehead atoms. The number of carbonyl (C=O) groups is 1. The number of thioether (sulfide) groups is 1. The Bertz CT molecular complexity index is 1550. The monoisotopic (exact) mass is 541 g/mol. The molecule has 39 heavy (non-hydrogen) atoms. The van der Waals surface area contributed by atoms with Gasteiger partial charge in [-0.25, -0.2) is 4.68 Å². The molecule has 5 rings (SSSR count). The van der Waals surface area contributed by atoms with Gasteiger partial charge < -0.3 is 20.1 Å². The van der Waals surface area contributed by atoms with E-state index < -0.39 is 6.04 Å². The average Bonchev–Trinajstić information content (AvgIpc) is 3.34. The molecule has 9 heteroatoms. The lowest BCUT2D eigenvalue weighted by atomic mass is 9.94. The van der Waals surface area contributed by atoms with Crippen LogP contribution >= 0.6 is 11.8 Å². The van der Waals surface area contributed by atoms with E-state index in [0.717, 1.165) is 11.3 Å². The standard InChI is InChI=1S/C30H31N5O3S/c1-18-11-12-22(19(2)15-18)17-39-30-33-29-31-20(3)26(28(36)32-23-9-7-6-8-10-23)27(35(29)34-30)21-13-14-24(37-4)25(16-21)38-5/h6-16,27H,17H2,1-5H3,(H,32,36)(H,31,33,34)/t27-/m1/s1. The predicted octanol–water partition coefficient (Wildman–Crippen LogP) is 6.13. The van der Waals surface area contributed by atoms with Crippen molar-refractivity contribution in [3.8, 4) is 11.5 Å². The Balaban J connectivity index is 1.53. The van der Waals surface area contributed by atoms with E-state index in [1.807, 2.05) is 55.5 Å². The number of carbonyl (C=O) groups excluding carboxylic acids is 1. The molecule has 0 spiro atoms. The fraction of sp³-hybridized carbons (Fsp3) is 0.233. The summed E-state index contributed by atoms with van der Waals surface area (Å²) in [4.78, 5) is 18.5. The van der Waals surface area contributed by atoms with E-state index in [0.29, 0.717) is 39.6 Å². The van der Waals surface area contributed by atoms with Crippen LogP contribution in [0.4, 0.5) is 11.6 Å². The van der Waals surface area contributed by atoms with Crippen molar-refractivity contribution in [3.05, 3.63) is 100 Å². The van der Waals surface area contributed by atoms with Crippen LogP contribution in [0.1, 0.15) is 35.2 Å². The number of rotatable bonds is 8. The van der Waals surface area contributed by atoms with Gasteiger partial charge in [-0.05, 0) is 61.7 Å². The van der Waals surface area contributed by atoms with Crippen LogP contribution in [0.15, 0.2) is 83.2 Å². The number of fused-ring (bicyclic) bond motifs is 1. The molecular formula is C30H31N5O3S. The molecule has 0 saturated heterocycles. The van der Waals surface area contributed by atoms with Crippen molar-refractivity contribution in [1.29, 1.82) is 0 Å². The van der Waals surface area contributed by atoms with E-state index >= 15 is 0 Å². The molecule has 1 amide bonds. The second kappa shape index (κ2) is 11.2. The lowest BCUT2D eigenvalue weighted by Crippen LogP contribution is -2.31. The molecule has 1 aromatic heterocycles. The number of benzene rings is 3. The first-order chi connectivity index (χ1) is 18.9. The highest BCUT2D eigenvalue weighted by atomic mass is 32.2. The maximum Gasteiger partial charge on any atom is 0.255 e. The Morgan fingerprint density at radius 1 is 1.00 bits per heavy atom. The molecule has 1 atom stereocenters. The van der Waals surface area contributed by atoms with Gasteiger partial charge in [0.25, 0.3) is 5.91 Å². The van der Waals surface area contributed by atoms with Crippen LogP contribution in [0.3, 0.4) is 0 Å². The van der Waals surface area contributed by atoms with Crippen LogP contribution in [0.5, 0.6) is 11.5 Å². The van der Waals surface area contributed by atoms with E-state index in [1.54, 1.807) is 30.7 Å². The topological polar surface area (TPSA) is 90.3 Å². The third-order valence-electron chi connectivity index (χ3n) is 6.69. The fourth-order valence-corrected chi connectivity index (χ4v) is 5.59. The number of para-hydroxylation sites is 1. The van der Waals surface area contributed by atoms with Crippen LogP contribution in [-0.2, 0) is 10.5 Å². The lowest BCUT2D eigenvalue weighted by molar-refractivity contribution is -0.113. The second-order valence-corrected chi connectivity index (χ2v) is 10.3. The first kappa shape index (κ1) is 26.4. The number of hydrogen-bond acceptors (Lipinski definition) is 7. The number of anilines is 2. The predicted molar refractivity (Wildman–Crippen MR) is 155 cm³/mol. The average molecular weight is 542 g/mol. The third kappa shape index (κ3) is 5.49. The molecule has 8 nitrogen and oxygen atoms in total. The number of ether oxygens (including phenoxy) is 2. The fourth-order valence-electron chi connectivity index (χ4n) is 4.69. The molecule has 3 aromatic carbocycles. The number of aryl methyl sites for hydroxylation is 2. The Morgan fingerprint density at radius 2 is 1.77 bits per heavy atom. The van der Waals surface area contributed by atoms with Gasteiger partial charge in [0.1, 0.15) is 6.04 Å². The highest BCUT2D eigenvalue weighted by Crippen LogP contribution is 2.40. The summed E-state index contributed by atoms with van der Waals surface area (Å²) < 4.78 is 12.8. The van der Waals surface area contributed by atoms with Crippen molar-refractivity contribution in [2.24, 2.45) is 0 Å². The number of nitrogens with zero attached hydrogens (tertiary/aromatic N) is 3. The smallest absolute Gasteiger partial charge is 0.255 e. The van der Waals surface area contributed by atoms with E-state index in [-0.39, 0.29) is 5.91 Å². The Kier molecular flexibility index (Phi) is 7.60. The van der Waals surface area contributed by atoms with Gasteiger partial charge >= 0.3 is 0 Å². The quantitative estimate of drug-likeness (QED) is 0.259. The van der Waals surface area contributed by atoms with E-state index in [1.165, 1.54) is 16.7 Å². The number of hydrogen-bond donors (Lipinski definition) is 2. The zero-order valence-corrected chi connectivity index (χ0v) is 23.4. The van der Waals surface area contributed by atoms with Crippen molar-refractivity contribution in [3.63, 3.8) is 0 Å². The van der Waals surface area contributed by atoms with E-state index in [2.05, 4.69) is 42.7 Å². The number of allylic oxidation sites excluding steroid dienone is 1. The van der Waals surface area contributed by atoms with Crippen LogP contribution in [0.2, 0.25) is 0 Å². The summed E-state index contributed by atoms with van der Waals surface area (Å²) in [6, 6.07) is 21.0. The summed E-state index contributed by atoms with van der Waals surface area (Å²) in [5.41, 5.74) is 6.49. The highest BCUT2D eigenvalue weighted by molar-refractivity contribution is 7.98. The van der Waals surface area contributed by atoms with Crippen LogP contribution in [0, 0.1) is 13.8 Å². The van der Waals surface area contributed by atoms with Crippen molar-refractivity contribution < 1.29 is 14.3 Å². The van der Waals surface area contributed by atoms with Gasteiger partial charge in [0, 0.05) is 17.1 Å². The summed E-state index contributed by atoms with van der Waals surface area (Å²) in [5.74, 6) is 2.27. The molecule has 2 N–H and O–H groups in total. The molecule has 200 valence electrons. The number of amides is 1. The largest absolute Gasteiger partial charge is 0.493 e. The summed E-state index contributed by atoms with van der Waals surface area (Å²) >= 11 is 1.56.